The van der Waals surface area contributed by atoms with Crippen molar-refractivity contribution in [2.75, 3.05) is 5.33 Å². The summed E-state index contributed by atoms with van der Waals surface area (Å²) >= 11 is 3.34. The predicted molar refractivity (Wildman–Crippen MR) is 71.8 cm³/mol. The number of aryl methyl sites for hydroxylation is 1. The van der Waals surface area contributed by atoms with Crippen molar-refractivity contribution in [1.82, 2.24) is 10.3 Å². The topological polar surface area (TPSA) is 62.0 Å². The van der Waals surface area contributed by atoms with Crippen molar-refractivity contribution in [2.45, 2.75) is 32.7 Å². The van der Waals surface area contributed by atoms with E-state index in [4.69, 9.17) is 0 Å². The van der Waals surface area contributed by atoms with Gasteiger partial charge in [0.25, 0.3) is 5.91 Å². The smallest absolute Gasteiger partial charge is 0.257 e. The molecule has 1 rings (SSSR count). The second kappa shape index (κ2) is 5.49. The van der Waals surface area contributed by atoms with Crippen LogP contribution in [0.15, 0.2) is 17.1 Å². The standard InChI is InChI=1S/C12H17BrN2O2/c1-8-6-10(16)9(7-14-8)11(17)15-12(2,3)4-5-13/h6-7H,4-5H2,1-3H3,(H,14,16)(H,15,17). The lowest BCUT2D eigenvalue weighted by Crippen LogP contribution is -2.45. The van der Waals surface area contributed by atoms with Crippen LogP contribution in [0, 0.1) is 6.92 Å². The Hall–Kier alpha value is -1.10. The van der Waals surface area contributed by atoms with Crippen LogP contribution in [0.25, 0.3) is 0 Å². The number of rotatable bonds is 4. The molecule has 0 aliphatic rings. The van der Waals surface area contributed by atoms with Gasteiger partial charge in [-0.25, -0.2) is 0 Å². The second-order valence-electron chi connectivity index (χ2n) is 4.67. The Morgan fingerprint density at radius 1 is 1.53 bits per heavy atom. The Morgan fingerprint density at radius 3 is 2.71 bits per heavy atom. The first-order chi connectivity index (χ1) is 7.85. The molecule has 4 nitrogen and oxygen atoms in total. The van der Waals surface area contributed by atoms with Crippen LogP contribution in [0.1, 0.15) is 36.3 Å². The molecule has 0 atom stereocenters. The lowest BCUT2D eigenvalue weighted by Gasteiger charge is -2.25. The number of nitrogens with one attached hydrogen (secondary N) is 2. The molecule has 0 fully saturated rings. The van der Waals surface area contributed by atoms with Crippen LogP contribution in [0.4, 0.5) is 0 Å². The Bertz CT molecular complexity index is 466. The molecule has 0 saturated carbocycles. The third-order valence-electron chi connectivity index (χ3n) is 2.47. The fourth-order valence-electron chi connectivity index (χ4n) is 1.42. The van der Waals surface area contributed by atoms with Gasteiger partial charge in [-0.1, -0.05) is 15.9 Å². The molecule has 17 heavy (non-hydrogen) atoms. The monoisotopic (exact) mass is 300 g/mol. The molecule has 0 bridgehead atoms. The Balaban J connectivity index is 2.87. The first kappa shape index (κ1) is 14.0. The van der Waals surface area contributed by atoms with E-state index in [0.717, 1.165) is 17.4 Å². The van der Waals surface area contributed by atoms with Crippen molar-refractivity contribution < 1.29 is 4.79 Å². The van der Waals surface area contributed by atoms with E-state index in [-0.39, 0.29) is 22.4 Å². The molecule has 2 N–H and O–H groups in total. The van der Waals surface area contributed by atoms with Gasteiger partial charge in [0.2, 0.25) is 0 Å². The highest BCUT2D eigenvalue weighted by Crippen LogP contribution is 2.10. The summed E-state index contributed by atoms with van der Waals surface area (Å²) in [7, 11) is 0. The summed E-state index contributed by atoms with van der Waals surface area (Å²) < 4.78 is 0. The van der Waals surface area contributed by atoms with Gasteiger partial charge in [0, 0.05) is 28.8 Å². The quantitative estimate of drug-likeness (QED) is 0.835. The number of aromatic amines is 1. The highest BCUT2D eigenvalue weighted by atomic mass is 79.9. The van der Waals surface area contributed by atoms with E-state index in [1.54, 1.807) is 6.92 Å². The normalized spacial score (nSPS) is 11.3. The fourth-order valence-corrected chi connectivity index (χ4v) is 2.42. The minimum absolute atomic E-state index is 0.151. The molecule has 0 aliphatic heterocycles. The highest BCUT2D eigenvalue weighted by molar-refractivity contribution is 9.09. The van der Waals surface area contributed by atoms with E-state index < -0.39 is 0 Å². The van der Waals surface area contributed by atoms with Crippen LogP contribution in [0.5, 0.6) is 0 Å². The molecular weight excluding hydrogens is 284 g/mol. The van der Waals surface area contributed by atoms with Crippen LogP contribution in [0.3, 0.4) is 0 Å². The van der Waals surface area contributed by atoms with Crippen LogP contribution in [-0.2, 0) is 0 Å². The van der Waals surface area contributed by atoms with Gasteiger partial charge in [-0.2, -0.15) is 0 Å². The number of amides is 1. The van der Waals surface area contributed by atoms with Gasteiger partial charge in [0.1, 0.15) is 5.56 Å². The number of halogens is 1. The average Bonchev–Trinajstić information content (AvgIpc) is 2.15. The Labute approximate surface area is 109 Å². The largest absolute Gasteiger partial charge is 0.364 e. The van der Waals surface area contributed by atoms with E-state index >= 15 is 0 Å². The van der Waals surface area contributed by atoms with Crippen molar-refractivity contribution in [3.63, 3.8) is 0 Å². The molecule has 0 unspecified atom stereocenters. The number of carbonyl (C=O) groups excluding carboxylic acids is 1. The molecule has 0 spiro atoms. The van der Waals surface area contributed by atoms with Gasteiger partial charge < -0.3 is 10.3 Å². The highest BCUT2D eigenvalue weighted by Gasteiger charge is 2.21. The van der Waals surface area contributed by atoms with Crippen LogP contribution >= 0.6 is 15.9 Å². The van der Waals surface area contributed by atoms with E-state index in [0.29, 0.717) is 0 Å². The van der Waals surface area contributed by atoms with Crippen LogP contribution in [-0.4, -0.2) is 21.8 Å². The average molecular weight is 301 g/mol. The Morgan fingerprint density at radius 2 is 2.18 bits per heavy atom. The molecule has 5 heteroatoms. The minimum atomic E-state index is -0.336. The third kappa shape index (κ3) is 4.00. The van der Waals surface area contributed by atoms with E-state index in [2.05, 4.69) is 26.2 Å². The fraction of sp³-hybridized carbons (Fsp3) is 0.500. The molecule has 1 aromatic heterocycles. The van der Waals surface area contributed by atoms with Crippen molar-refractivity contribution in [2.24, 2.45) is 0 Å². The first-order valence-electron chi connectivity index (χ1n) is 5.43. The number of hydrogen-bond acceptors (Lipinski definition) is 2. The molecule has 0 aliphatic carbocycles. The summed E-state index contributed by atoms with van der Waals surface area (Å²) in [6.45, 7) is 5.63. The van der Waals surface area contributed by atoms with Gasteiger partial charge in [0.15, 0.2) is 5.43 Å². The maximum Gasteiger partial charge on any atom is 0.257 e. The summed E-state index contributed by atoms with van der Waals surface area (Å²) in [6.07, 6.45) is 2.25. The van der Waals surface area contributed by atoms with Crippen molar-refractivity contribution in [3.8, 4) is 0 Å². The molecule has 0 aromatic carbocycles. The summed E-state index contributed by atoms with van der Waals surface area (Å²) in [4.78, 5) is 26.4. The van der Waals surface area contributed by atoms with Gasteiger partial charge in [-0.3, -0.25) is 9.59 Å². The maximum absolute atomic E-state index is 11.9. The van der Waals surface area contributed by atoms with Gasteiger partial charge >= 0.3 is 0 Å². The minimum Gasteiger partial charge on any atom is -0.364 e. The molecule has 1 heterocycles. The zero-order chi connectivity index (χ0) is 13.1. The zero-order valence-corrected chi connectivity index (χ0v) is 11.8. The van der Waals surface area contributed by atoms with Crippen molar-refractivity contribution in [1.29, 1.82) is 0 Å². The van der Waals surface area contributed by atoms with Crippen LogP contribution < -0.4 is 10.7 Å². The number of alkyl halides is 1. The summed E-state index contributed by atoms with van der Waals surface area (Å²) in [5, 5.41) is 3.64. The molecular formula is C12H17BrN2O2. The molecule has 1 aromatic rings. The Kier molecular flexibility index (Phi) is 4.51. The summed E-state index contributed by atoms with van der Waals surface area (Å²) in [5.74, 6) is -0.336. The predicted octanol–water partition coefficient (Wildman–Crippen LogP) is 1.98. The van der Waals surface area contributed by atoms with Crippen LogP contribution in [0.2, 0.25) is 0 Å². The first-order valence-corrected chi connectivity index (χ1v) is 6.56. The lowest BCUT2D eigenvalue weighted by atomic mass is 10.0. The van der Waals surface area contributed by atoms with E-state index in [1.807, 2.05) is 13.8 Å². The van der Waals surface area contributed by atoms with Crippen molar-refractivity contribution >= 4 is 21.8 Å². The van der Waals surface area contributed by atoms with Crippen molar-refractivity contribution in [3.05, 3.63) is 33.7 Å². The van der Waals surface area contributed by atoms with E-state index in [9.17, 15) is 9.59 Å². The molecule has 0 saturated heterocycles. The number of H-pyrrole nitrogens is 1. The molecule has 94 valence electrons. The number of hydrogen-bond donors (Lipinski definition) is 2. The molecule has 0 radical (unpaired) electrons. The van der Waals surface area contributed by atoms with Gasteiger partial charge in [-0.05, 0) is 27.2 Å². The number of pyridine rings is 1. The third-order valence-corrected chi connectivity index (χ3v) is 2.87. The number of aromatic nitrogens is 1. The summed E-state index contributed by atoms with van der Waals surface area (Å²) in [5.41, 5.74) is 0.302. The maximum atomic E-state index is 11.9. The van der Waals surface area contributed by atoms with Gasteiger partial charge in [-0.15, -0.1) is 0 Å². The van der Waals surface area contributed by atoms with Gasteiger partial charge in [0.05, 0.1) is 0 Å². The zero-order valence-electron chi connectivity index (χ0n) is 10.3. The number of carbonyl (C=O) groups is 1. The summed E-state index contributed by atoms with van der Waals surface area (Å²) in [6, 6.07) is 1.42. The lowest BCUT2D eigenvalue weighted by molar-refractivity contribution is 0.0910. The van der Waals surface area contributed by atoms with E-state index in [1.165, 1.54) is 12.3 Å². The molecule has 1 amide bonds. The second-order valence-corrected chi connectivity index (χ2v) is 5.46. The SMILES string of the molecule is Cc1cc(=O)c(C(=O)NC(C)(C)CCBr)c[nH]1.